The molecular formula is C16H20BrNO2. The van der Waals surface area contributed by atoms with Gasteiger partial charge in [0.1, 0.15) is 5.60 Å². The van der Waals surface area contributed by atoms with E-state index in [2.05, 4.69) is 41.1 Å². The van der Waals surface area contributed by atoms with Gasteiger partial charge in [-0.15, -0.1) is 0 Å². The van der Waals surface area contributed by atoms with Crippen LogP contribution in [0.4, 0.5) is 0 Å². The SMILES string of the molecule is COO[C@]1(C)CC[C@]2(CC1)Cc1ccc(Br)cc1C2=N. The molecule has 3 nitrogen and oxygen atoms in total. The molecule has 108 valence electrons. The summed E-state index contributed by atoms with van der Waals surface area (Å²) in [6.45, 7) is 2.10. The van der Waals surface area contributed by atoms with Crippen LogP contribution in [-0.2, 0) is 16.2 Å². The van der Waals surface area contributed by atoms with Crippen LogP contribution in [0.15, 0.2) is 22.7 Å². The van der Waals surface area contributed by atoms with E-state index in [1.54, 1.807) is 7.11 Å². The molecule has 2 aliphatic rings. The Morgan fingerprint density at radius 2 is 1.90 bits per heavy atom. The predicted molar refractivity (Wildman–Crippen MR) is 82.1 cm³/mol. The molecule has 3 rings (SSSR count). The van der Waals surface area contributed by atoms with Crippen LogP contribution in [0.25, 0.3) is 0 Å². The summed E-state index contributed by atoms with van der Waals surface area (Å²) < 4.78 is 1.06. The van der Waals surface area contributed by atoms with Crippen LogP contribution in [-0.4, -0.2) is 18.4 Å². The number of benzene rings is 1. The van der Waals surface area contributed by atoms with Gasteiger partial charge in [-0.2, -0.15) is 0 Å². The van der Waals surface area contributed by atoms with Gasteiger partial charge in [0.25, 0.3) is 0 Å². The van der Waals surface area contributed by atoms with E-state index < -0.39 is 0 Å². The zero-order valence-corrected chi connectivity index (χ0v) is 13.5. The fraction of sp³-hybridized carbons (Fsp3) is 0.562. The molecule has 0 amide bonds. The van der Waals surface area contributed by atoms with E-state index in [1.165, 1.54) is 5.56 Å². The van der Waals surface area contributed by atoms with Crippen LogP contribution < -0.4 is 0 Å². The van der Waals surface area contributed by atoms with Crippen molar-refractivity contribution in [3.8, 4) is 0 Å². The number of fused-ring (bicyclic) bond motifs is 1. The normalized spacial score (nSPS) is 32.6. The molecule has 4 heteroatoms. The molecule has 0 aromatic heterocycles. The van der Waals surface area contributed by atoms with Gasteiger partial charge < -0.3 is 5.41 Å². The number of hydrogen-bond acceptors (Lipinski definition) is 3. The Labute approximate surface area is 128 Å². The van der Waals surface area contributed by atoms with E-state index in [-0.39, 0.29) is 11.0 Å². The molecule has 1 aromatic carbocycles. The topological polar surface area (TPSA) is 42.3 Å². The Balaban J connectivity index is 1.82. The van der Waals surface area contributed by atoms with Crippen molar-refractivity contribution in [2.45, 2.75) is 44.6 Å². The summed E-state index contributed by atoms with van der Waals surface area (Å²) in [7, 11) is 1.57. The first kappa shape index (κ1) is 14.2. The number of nitrogens with one attached hydrogen (secondary N) is 1. The lowest BCUT2D eigenvalue weighted by molar-refractivity contribution is -0.348. The summed E-state index contributed by atoms with van der Waals surface area (Å²) in [5, 5.41) is 8.61. The van der Waals surface area contributed by atoms with E-state index >= 15 is 0 Å². The van der Waals surface area contributed by atoms with Crippen molar-refractivity contribution in [3.05, 3.63) is 33.8 Å². The molecule has 20 heavy (non-hydrogen) atoms. The van der Waals surface area contributed by atoms with Gasteiger partial charge in [-0.1, -0.05) is 22.0 Å². The van der Waals surface area contributed by atoms with Gasteiger partial charge in [0.15, 0.2) is 0 Å². The van der Waals surface area contributed by atoms with Crippen LogP contribution in [0.2, 0.25) is 0 Å². The monoisotopic (exact) mass is 337 g/mol. The predicted octanol–water partition coefficient (Wildman–Crippen LogP) is 4.27. The molecule has 2 aliphatic carbocycles. The summed E-state index contributed by atoms with van der Waals surface area (Å²) in [6, 6.07) is 6.32. The van der Waals surface area contributed by atoms with Crippen LogP contribution in [0.5, 0.6) is 0 Å². The second-order valence-corrected chi connectivity index (χ2v) is 7.25. The lowest BCUT2D eigenvalue weighted by Crippen LogP contribution is -2.41. The first-order valence-electron chi connectivity index (χ1n) is 7.08. The van der Waals surface area contributed by atoms with Gasteiger partial charge >= 0.3 is 0 Å². The molecule has 0 radical (unpaired) electrons. The molecule has 0 saturated heterocycles. The first-order chi connectivity index (χ1) is 9.48. The Kier molecular flexibility index (Phi) is 3.51. The lowest BCUT2D eigenvalue weighted by Gasteiger charge is -2.41. The third kappa shape index (κ3) is 2.24. The van der Waals surface area contributed by atoms with E-state index in [1.807, 2.05) is 0 Å². The molecule has 1 spiro atoms. The molecule has 1 aromatic rings. The molecule has 0 bridgehead atoms. The molecular weight excluding hydrogens is 318 g/mol. The minimum atomic E-state index is -0.199. The highest BCUT2D eigenvalue weighted by atomic mass is 79.9. The Hall–Kier alpha value is -0.710. The minimum absolute atomic E-state index is 0.0136. The van der Waals surface area contributed by atoms with Crippen molar-refractivity contribution in [3.63, 3.8) is 0 Å². The molecule has 1 N–H and O–H groups in total. The highest BCUT2D eigenvalue weighted by molar-refractivity contribution is 9.10. The van der Waals surface area contributed by atoms with Gasteiger partial charge in [0.2, 0.25) is 0 Å². The quantitative estimate of drug-likeness (QED) is 0.646. The highest BCUT2D eigenvalue weighted by Gasteiger charge is 2.48. The van der Waals surface area contributed by atoms with Crippen molar-refractivity contribution in [1.29, 1.82) is 5.41 Å². The Bertz CT molecular complexity index is 547. The van der Waals surface area contributed by atoms with E-state index in [9.17, 15) is 0 Å². The van der Waals surface area contributed by atoms with E-state index in [4.69, 9.17) is 15.2 Å². The van der Waals surface area contributed by atoms with Crippen LogP contribution in [0, 0.1) is 10.8 Å². The molecule has 1 fully saturated rings. The van der Waals surface area contributed by atoms with Crippen molar-refractivity contribution < 1.29 is 9.78 Å². The van der Waals surface area contributed by atoms with Crippen LogP contribution in [0.3, 0.4) is 0 Å². The molecule has 1 saturated carbocycles. The summed E-state index contributed by atoms with van der Waals surface area (Å²) in [5.41, 5.74) is 3.06. The van der Waals surface area contributed by atoms with Gasteiger partial charge in [-0.25, -0.2) is 9.78 Å². The standard InChI is InChI=1S/C16H20BrNO2/c1-15(20-19-2)5-7-16(8-6-15)10-11-3-4-12(17)9-13(11)14(16)18/h3-4,9,18H,5-8,10H2,1-2H3/t15-,16+. The van der Waals surface area contributed by atoms with Crippen molar-refractivity contribution in [2.24, 2.45) is 5.41 Å². The van der Waals surface area contributed by atoms with Gasteiger partial charge in [-0.3, -0.25) is 0 Å². The van der Waals surface area contributed by atoms with Crippen LogP contribution in [0.1, 0.15) is 43.7 Å². The average molecular weight is 338 g/mol. The van der Waals surface area contributed by atoms with E-state index in [0.717, 1.165) is 47.9 Å². The molecule has 0 unspecified atom stereocenters. The summed E-state index contributed by atoms with van der Waals surface area (Å²) in [5.74, 6) is 0. The largest absolute Gasteiger partial charge is 0.304 e. The van der Waals surface area contributed by atoms with Crippen molar-refractivity contribution >= 4 is 21.6 Å². The fourth-order valence-electron chi connectivity index (χ4n) is 3.64. The summed E-state index contributed by atoms with van der Waals surface area (Å²) in [4.78, 5) is 10.3. The van der Waals surface area contributed by atoms with Crippen molar-refractivity contribution in [1.82, 2.24) is 0 Å². The van der Waals surface area contributed by atoms with E-state index in [0.29, 0.717) is 0 Å². The lowest BCUT2D eigenvalue weighted by atomic mass is 9.67. The van der Waals surface area contributed by atoms with Gasteiger partial charge in [0, 0.05) is 21.2 Å². The van der Waals surface area contributed by atoms with Gasteiger partial charge in [0.05, 0.1) is 7.11 Å². The maximum absolute atomic E-state index is 8.61. The fourth-order valence-corrected chi connectivity index (χ4v) is 4.00. The zero-order valence-electron chi connectivity index (χ0n) is 12.0. The smallest absolute Gasteiger partial charge is 0.101 e. The maximum atomic E-state index is 8.61. The summed E-state index contributed by atoms with van der Waals surface area (Å²) >= 11 is 3.51. The second kappa shape index (κ2) is 4.93. The highest BCUT2D eigenvalue weighted by Crippen LogP contribution is 2.50. The van der Waals surface area contributed by atoms with Gasteiger partial charge in [-0.05, 0) is 56.7 Å². The van der Waals surface area contributed by atoms with Crippen LogP contribution >= 0.6 is 15.9 Å². The first-order valence-corrected chi connectivity index (χ1v) is 7.87. The van der Waals surface area contributed by atoms with Crippen molar-refractivity contribution in [2.75, 3.05) is 7.11 Å². The molecule has 0 aliphatic heterocycles. The Morgan fingerprint density at radius 1 is 1.20 bits per heavy atom. The number of hydrogen-bond donors (Lipinski definition) is 1. The zero-order chi connectivity index (χ0) is 14.4. The summed E-state index contributed by atoms with van der Waals surface area (Å²) in [6.07, 6.45) is 4.88. The average Bonchev–Trinajstić information content (AvgIpc) is 2.68. The number of halogens is 1. The third-order valence-electron chi connectivity index (χ3n) is 4.95. The molecule has 0 heterocycles. The third-order valence-corrected chi connectivity index (χ3v) is 5.44. The number of rotatable bonds is 2. The minimum Gasteiger partial charge on any atom is -0.304 e. The second-order valence-electron chi connectivity index (χ2n) is 6.33. The maximum Gasteiger partial charge on any atom is 0.101 e. The molecule has 0 atom stereocenters. The Morgan fingerprint density at radius 3 is 2.55 bits per heavy atom.